The van der Waals surface area contributed by atoms with Gasteiger partial charge in [0.25, 0.3) is 0 Å². The van der Waals surface area contributed by atoms with Crippen LogP contribution in [-0.2, 0) is 10.0 Å². The van der Waals surface area contributed by atoms with E-state index in [1.165, 1.54) is 11.3 Å². The van der Waals surface area contributed by atoms with Crippen molar-refractivity contribution in [3.05, 3.63) is 16.6 Å². The quantitative estimate of drug-likeness (QED) is 0.684. The fraction of sp³-hybridized carbons (Fsp3) is 0.750. The summed E-state index contributed by atoms with van der Waals surface area (Å²) in [6.07, 6.45) is 3.39. The van der Waals surface area contributed by atoms with Gasteiger partial charge in [-0.15, -0.1) is 11.3 Å². The highest BCUT2D eigenvalue weighted by molar-refractivity contribution is 7.90. The summed E-state index contributed by atoms with van der Waals surface area (Å²) >= 11 is 1.48. The van der Waals surface area contributed by atoms with Crippen LogP contribution < -0.4 is 10.0 Å². The summed E-state index contributed by atoms with van der Waals surface area (Å²) in [5, 5.41) is 5.36. The average molecular weight is 305 g/mol. The molecule has 0 aromatic carbocycles. The molecule has 1 rings (SSSR count). The van der Waals surface area contributed by atoms with Crippen molar-refractivity contribution in [2.45, 2.75) is 44.9 Å². The monoisotopic (exact) mass is 305 g/mol. The van der Waals surface area contributed by atoms with Crippen LogP contribution in [0.2, 0.25) is 0 Å². The van der Waals surface area contributed by atoms with Crippen molar-refractivity contribution < 1.29 is 8.42 Å². The standard InChI is InChI=1S/C12H23N3O2S2/c1-4-6-13-9-10(3)19(16,17)15-11(5-2)12-14-7-8-18-12/h7-8,10-11,13,15H,4-6,9H2,1-3H3. The number of nitrogens with zero attached hydrogens (tertiary/aromatic N) is 1. The van der Waals surface area contributed by atoms with E-state index in [-0.39, 0.29) is 6.04 Å². The highest BCUT2D eigenvalue weighted by atomic mass is 32.2. The van der Waals surface area contributed by atoms with E-state index in [4.69, 9.17) is 0 Å². The predicted molar refractivity (Wildman–Crippen MR) is 79.8 cm³/mol. The van der Waals surface area contributed by atoms with Crippen molar-refractivity contribution in [1.29, 1.82) is 0 Å². The molecule has 2 atom stereocenters. The Hall–Kier alpha value is -0.500. The molecule has 0 aliphatic carbocycles. The summed E-state index contributed by atoms with van der Waals surface area (Å²) in [5.41, 5.74) is 0. The SMILES string of the molecule is CCCNCC(C)S(=O)(=O)NC(CC)c1nccs1. The Kier molecular flexibility index (Phi) is 6.92. The molecule has 0 saturated heterocycles. The number of thiazole rings is 1. The van der Waals surface area contributed by atoms with Gasteiger partial charge in [-0.3, -0.25) is 0 Å². The maximum Gasteiger partial charge on any atom is 0.216 e. The largest absolute Gasteiger partial charge is 0.315 e. The van der Waals surface area contributed by atoms with Crippen LogP contribution in [0.15, 0.2) is 11.6 Å². The smallest absolute Gasteiger partial charge is 0.216 e. The second-order valence-corrected chi connectivity index (χ2v) is 7.57. The van der Waals surface area contributed by atoms with E-state index in [9.17, 15) is 8.42 Å². The van der Waals surface area contributed by atoms with E-state index in [0.29, 0.717) is 13.0 Å². The van der Waals surface area contributed by atoms with Gasteiger partial charge in [0.1, 0.15) is 5.01 Å². The van der Waals surface area contributed by atoms with E-state index in [2.05, 4.69) is 21.9 Å². The first-order valence-electron chi connectivity index (χ1n) is 6.62. The number of sulfonamides is 1. The van der Waals surface area contributed by atoms with Gasteiger partial charge in [0, 0.05) is 18.1 Å². The maximum atomic E-state index is 12.2. The molecule has 2 unspecified atom stereocenters. The number of rotatable bonds is 9. The van der Waals surface area contributed by atoms with Gasteiger partial charge in [0.15, 0.2) is 0 Å². The summed E-state index contributed by atoms with van der Waals surface area (Å²) in [7, 11) is -3.32. The first-order valence-corrected chi connectivity index (χ1v) is 9.05. The Morgan fingerprint density at radius 3 is 2.68 bits per heavy atom. The van der Waals surface area contributed by atoms with E-state index in [1.54, 1.807) is 13.1 Å². The average Bonchev–Trinajstić information content (AvgIpc) is 2.90. The van der Waals surface area contributed by atoms with Gasteiger partial charge < -0.3 is 5.32 Å². The van der Waals surface area contributed by atoms with Gasteiger partial charge in [-0.2, -0.15) is 0 Å². The Morgan fingerprint density at radius 2 is 2.16 bits per heavy atom. The molecule has 0 amide bonds. The first-order chi connectivity index (χ1) is 9.01. The lowest BCUT2D eigenvalue weighted by molar-refractivity contribution is 0.530. The molecule has 0 bridgehead atoms. The predicted octanol–water partition coefficient (Wildman–Crippen LogP) is 1.90. The Labute approximate surface area is 119 Å². The molecule has 0 aliphatic rings. The van der Waals surface area contributed by atoms with Crippen LogP contribution in [0.3, 0.4) is 0 Å². The van der Waals surface area contributed by atoms with Crippen molar-refractivity contribution in [2.75, 3.05) is 13.1 Å². The maximum absolute atomic E-state index is 12.2. The van der Waals surface area contributed by atoms with E-state index in [1.807, 2.05) is 12.3 Å². The minimum absolute atomic E-state index is 0.223. The molecule has 0 fully saturated rings. The van der Waals surface area contributed by atoms with Gasteiger partial charge in [-0.1, -0.05) is 13.8 Å². The number of hydrogen-bond donors (Lipinski definition) is 2. The van der Waals surface area contributed by atoms with Gasteiger partial charge in [0.2, 0.25) is 10.0 Å². The fourth-order valence-corrected chi connectivity index (χ4v) is 3.71. The van der Waals surface area contributed by atoms with Crippen molar-refractivity contribution in [1.82, 2.24) is 15.0 Å². The number of nitrogens with one attached hydrogen (secondary N) is 2. The van der Waals surface area contributed by atoms with Crippen LogP contribution in [0.25, 0.3) is 0 Å². The molecule has 1 heterocycles. The molecule has 0 spiro atoms. The zero-order valence-electron chi connectivity index (χ0n) is 11.7. The molecule has 5 nitrogen and oxygen atoms in total. The second-order valence-electron chi connectivity index (χ2n) is 4.51. The minimum Gasteiger partial charge on any atom is -0.315 e. The van der Waals surface area contributed by atoms with Crippen molar-refractivity contribution in [3.8, 4) is 0 Å². The molecule has 0 saturated carbocycles. The van der Waals surface area contributed by atoms with Crippen LogP contribution >= 0.6 is 11.3 Å². The summed E-state index contributed by atoms with van der Waals surface area (Å²) in [6.45, 7) is 7.04. The van der Waals surface area contributed by atoms with Crippen molar-refractivity contribution in [2.24, 2.45) is 0 Å². The minimum atomic E-state index is -3.32. The molecule has 19 heavy (non-hydrogen) atoms. The molecule has 110 valence electrons. The second kappa shape index (κ2) is 7.94. The molecule has 1 aromatic heterocycles. The van der Waals surface area contributed by atoms with Crippen LogP contribution in [0.4, 0.5) is 0 Å². The highest BCUT2D eigenvalue weighted by Crippen LogP contribution is 2.20. The van der Waals surface area contributed by atoms with Crippen LogP contribution in [0, 0.1) is 0 Å². The lowest BCUT2D eigenvalue weighted by Crippen LogP contribution is -2.40. The summed E-state index contributed by atoms with van der Waals surface area (Å²) < 4.78 is 27.2. The zero-order chi connectivity index (χ0) is 14.3. The van der Waals surface area contributed by atoms with E-state index < -0.39 is 15.3 Å². The van der Waals surface area contributed by atoms with Gasteiger partial charge in [-0.25, -0.2) is 18.1 Å². The third kappa shape index (κ3) is 5.18. The first kappa shape index (κ1) is 16.6. The normalized spacial score (nSPS) is 15.3. The summed E-state index contributed by atoms with van der Waals surface area (Å²) in [6, 6.07) is -0.223. The zero-order valence-corrected chi connectivity index (χ0v) is 13.4. The molecule has 1 aromatic rings. The molecular formula is C12H23N3O2S2. The van der Waals surface area contributed by atoms with Gasteiger partial charge in [-0.05, 0) is 26.3 Å². The van der Waals surface area contributed by atoms with Crippen LogP contribution in [-0.4, -0.2) is 31.7 Å². The van der Waals surface area contributed by atoms with Crippen molar-refractivity contribution in [3.63, 3.8) is 0 Å². The van der Waals surface area contributed by atoms with Gasteiger partial charge >= 0.3 is 0 Å². The van der Waals surface area contributed by atoms with Crippen LogP contribution in [0.5, 0.6) is 0 Å². The Morgan fingerprint density at radius 1 is 1.42 bits per heavy atom. The summed E-state index contributed by atoms with van der Waals surface area (Å²) in [5.74, 6) is 0. The van der Waals surface area contributed by atoms with Crippen molar-refractivity contribution >= 4 is 21.4 Å². The van der Waals surface area contributed by atoms with Gasteiger partial charge in [0.05, 0.1) is 11.3 Å². The Bertz CT molecular complexity index is 446. The Balaban J connectivity index is 2.61. The lowest BCUT2D eigenvalue weighted by atomic mass is 10.3. The summed E-state index contributed by atoms with van der Waals surface area (Å²) in [4.78, 5) is 4.18. The number of aromatic nitrogens is 1. The number of hydrogen-bond acceptors (Lipinski definition) is 5. The third-order valence-electron chi connectivity index (χ3n) is 2.85. The van der Waals surface area contributed by atoms with E-state index in [0.717, 1.165) is 18.0 Å². The lowest BCUT2D eigenvalue weighted by Gasteiger charge is -2.19. The molecular weight excluding hydrogens is 282 g/mol. The highest BCUT2D eigenvalue weighted by Gasteiger charge is 2.25. The molecule has 0 aliphatic heterocycles. The fourth-order valence-electron chi connectivity index (χ4n) is 1.62. The molecule has 7 heteroatoms. The van der Waals surface area contributed by atoms with Crippen LogP contribution in [0.1, 0.15) is 44.7 Å². The third-order valence-corrected chi connectivity index (χ3v) is 5.58. The molecule has 2 N–H and O–H groups in total. The van der Waals surface area contributed by atoms with E-state index >= 15 is 0 Å². The topological polar surface area (TPSA) is 71.1 Å². The molecule has 0 radical (unpaired) electrons.